The number of phenols is 1. The number of nitrogens with zero attached hydrogens (tertiary/aromatic N) is 1. The number of phenolic OH excluding ortho intramolecular Hbond substituents is 1. The summed E-state index contributed by atoms with van der Waals surface area (Å²) in [5, 5.41) is 22.0. The Balaban J connectivity index is 2.36. The molecule has 2 rings (SSSR count). The number of rotatable bonds is 4. The molecule has 0 saturated heterocycles. The molecule has 128 valence electrons. The maximum Gasteiger partial charge on any atom is 0.266 e. The number of methoxy groups -OCH3 is 1. The third-order valence-corrected chi connectivity index (χ3v) is 4.27. The smallest absolute Gasteiger partial charge is 0.266 e. The molecule has 0 aliphatic carbocycles. The van der Waals surface area contributed by atoms with Gasteiger partial charge in [0, 0.05) is 5.69 Å². The van der Waals surface area contributed by atoms with Crippen molar-refractivity contribution in [1.82, 2.24) is 0 Å². The largest absolute Gasteiger partial charge is 0.503 e. The van der Waals surface area contributed by atoms with E-state index in [1.807, 2.05) is 38.1 Å². The van der Waals surface area contributed by atoms with Crippen molar-refractivity contribution in [2.24, 2.45) is 0 Å². The number of carbonyl (C=O) groups excluding carboxylic acids is 1. The molecule has 0 aromatic heterocycles. The lowest BCUT2D eigenvalue weighted by Gasteiger charge is -2.11. The molecule has 0 spiro atoms. The van der Waals surface area contributed by atoms with Crippen LogP contribution in [0.4, 0.5) is 5.69 Å². The molecule has 25 heavy (non-hydrogen) atoms. The second kappa shape index (κ2) is 7.86. The summed E-state index contributed by atoms with van der Waals surface area (Å²) in [6.07, 6.45) is 1.44. The lowest BCUT2D eigenvalue weighted by Crippen LogP contribution is -2.15. The number of benzene rings is 2. The summed E-state index contributed by atoms with van der Waals surface area (Å²) in [6.45, 7) is 3.78. The lowest BCUT2D eigenvalue weighted by molar-refractivity contribution is -0.112. The molecule has 0 atom stereocenters. The first-order chi connectivity index (χ1) is 11.9. The predicted molar refractivity (Wildman–Crippen MR) is 100 cm³/mol. The third kappa shape index (κ3) is 4.20. The summed E-state index contributed by atoms with van der Waals surface area (Å²) < 4.78 is 5.48. The van der Waals surface area contributed by atoms with E-state index in [-0.39, 0.29) is 17.1 Å². The quantitative estimate of drug-likeness (QED) is 0.590. The fraction of sp³-hybridized carbons (Fsp3) is 0.158. The number of aryl methyl sites for hydroxylation is 2. The van der Waals surface area contributed by atoms with E-state index < -0.39 is 5.91 Å². The van der Waals surface area contributed by atoms with Crippen LogP contribution in [0.25, 0.3) is 6.08 Å². The first-order valence-corrected chi connectivity index (χ1v) is 8.22. The first-order valence-electron chi connectivity index (χ1n) is 7.43. The Bertz CT molecular complexity index is 878. The lowest BCUT2D eigenvalue weighted by atomic mass is 10.1. The van der Waals surface area contributed by atoms with Crippen LogP contribution < -0.4 is 10.1 Å². The van der Waals surface area contributed by atoms with E-state index in [9.17, 15) is 15.2 Å². The van der Waals surface area contributed by atoms with Crippen molar-refractivity contribution in [2.75, 3.05) is 12.4 Å². The van der Waals surface area contributed by atoms with Gasteiger partial charge in [0.1, 0.15) is 11.6 Å². The van der Waals surface area contributed by atoms with Crippen LogP contribution in [0, 0.1) is 25.2 Å². The maximum absolute atomic E-state index is 12.5. The van der Waals surface area contributed by atoms with Crippen LogP contribution >= 0.6 is 15.9 Å². The highest BCUT2D eigenvalue weighted by Crippen LogP contribution is 2.35. The van der Waals surface area contributed by atoms with Crippen molar-refractivity contribution in [3.05, 3.63) is 57.1 Å². The highest BCUT2D eigenvalue weighted by molar-refractivity contribution is 9.10. The van der Waals surface area contributed by atoms with Gasteiger partial charge in [-0.3, -0.25) is 4.79 Å². The third-order valence-electron chi connectivity index (χ3n) is 3.67. The van der Waals surface area contributed by atoms with Crippen LogP contribution in [-0.2, 0) is 4.79 Å². The van der Waals surface area contributed by atoms with Gasteiger partial charge in [-0.15, -0.1) is 0 Å². The molecule has 5 nitrogen and oxygen atoms in total. The van der Waals surface area contributed by atoms with Crippen molar-refractivity contribution in [2.45, 2.75) is 13.8 Å². The van der Waals surface area contributed by atoms with E-state index >= 15 is 0 Å². The van der Waals surface area contributed by atoms with Gasteiger partial charge in [-0.1, -0.05) is 18.2 Å². The molecular weight excluding hydrogens is 384 g/mol. The maximum atomic E-state index is 12.5. The minimum atomic E-state index is -0.497. The van der Waals surface area contributed by atoms with Gasteiger partial charge in [-0.05, 0) is 64.7 Å². The van der Waals surface area contributed by atoms with Gasteiger partial charge in [0.2, 0.25) is 0 Å². The fourth-order valence-corrected chi connectivity index (χ4v) is 2.80. The zero-order valence-corrected chi connectivity index (χ0v) is 15.6. The molecule has 0 heterocycles. The predicted octanol–water partition coefficient (Wildman–Crippen LogP) is 4.33. The molecule has 0 radical (unpaired) electrons. The van der Waals surface area contributed by atoms with E-state index in [0.29, 0.717) is 15.7 Å². The molecule has 0 aliphatic rings. The Hall–Kier alpha value is -2.78. The Labute approximate surface area is 154 Å². The van der Waals surface area contributed by atoms with Crippen molar-refractivity contribution >= 4 is 33.6 Å². The topological polar surface area (TPSA) is 82.3 Å². The molecule has 0 saturated carbocycles. The number of hydrogen-bond donors (Lipinski definition) is 2. The fourth-order valence-electron chi connectivity index (χ4n) is 2.34. The SMILES string of the molecule is COc1cc(/C=C(\C#N)C(=O)Nc2c(C)cccc2C)cc(Br)c1O. The van der Waals surface area contributed by atoms with E-state index in [1.54, 1.807) is 12.1 Å². The van der Waals surface area contributed by atoms with Crippen LogP contribution in [0.3, 0.4) is 0 Å². The second-order valence-corrected chi connectivity index (χ2v) is 6.30. The number of para-hydroxylation sites is 1. The minimum absolute atomic E-state index is 0.0434. The van der Waals surface area contributed by atoms with Gasteiger partial charge < -0.3 is 15.2 Å². The molecule has 2 N–H and O–H groups in total. The van der Waals surface area contributed by atoms with Crippen LogP contribution in [0.1, 0.15) is 16.7 Å². The Morgan fingerprint density at radius 3 is 2.52 bits per heavy atom. The molecule has 1 amide bonds. The van der Waals surface area contributed by atoms with Crippen LogP contribution in [0.2, 0.25) is 0 Å². The Kier molecular flexibility index (Phi) is 5.84. The molecule has 0 bridgehead atoms. The van der Waals surface area contributed by atoms with Crippen LogP contribution in [0.5, 0.6) is 11.5 Å². The number of anilines is 1. The molecule has 0 fully saturated rings. The second-order valence-electron chi connectivity index (χ2n) is 5.44. The summed E-state index contributed by atoms with van der Waals surface area (Å²) in [6, 6.07) is 10.7. The standard InChI is InChI=1S/C19H17BrN2O3/c1-11-5-4-6-12(2)17(11)22-19(24)14(10-21)7-13-8-15(20)18(23)16(9-13)25-3/h4-9,23H,1-3H3,(H,22,24)/b14-7+. The van der Waals surface area contributed by atoms with E-state index in [0.717, 1.165) is 11.1 Å². The Morgan fingerprint density at radius 2 is 1.96 bits per heavy atom. The van der Waals surface area contributed by atoms with Gasteiger partial charge in [-0.2, -0.15) is 5.26 Å². The average Bonchev–Trinajstić information content (AvgIpc) is 2.58. The molecule has 0 unspecified atom stereocenters. The number of ether oxygens (including phenoxy) is 1. The van der Waals surface area contributed by atoms with E-state index in [1.165, 1.54) is 13.2 Å². The highest BCUT2D eigenvalue weighted by Gasteiger charge is 2.14. The van der Waals surface area contributed by atoms with Gasteiger partial charge in [0.05, 0.1) is 11.6 Å². The van der Waals surface area contributed by atoms with Crippen LogP contribution in [0.15, 0.2) is 40.4 Å². The van der Waals surface area contributed by atoms with Crippen molar-refractivity contribution in [1.29, 1.82) is 5.26 Å². The van der Waals surface area contributed by atoms with Crippen molar-refractivity contribution in [3.63, 3.8) is 0 Å². The molecule has 0 aliphatic heterocycles. The van der Waals surface area contributed by atoms with Gasteiger partial charge in [0.25, 0.3) is 5.91 Å². The zero-order valence-electron chi connectivity index (χ0n) is 14.1. The normalized spacial score (nSPS) is 10.9. The Morgan fingerprint density at radius 1 is 1.32 bits per heavy atom. The number of hydrogen-bond acceptors (Lipinski definition) is 4. The number of amides is 1. The van der Waals surface area contributed by atoms with E-state index in [2.05, 4.69) is 21.2 Å². The summed E-state index contributed by atoms with van der Waals surface area (Å²) in [5.41, 5.74) is 3.02. The number of aromatic hydroxyl groups is 1. The molecule has 6 heteroatoms. The van der Waals surface area contributed by atoms with Gasteiger partial charge >= 0.3 is 0 Å². The van der Waals surface area contributed by atoms with Crippen molar-refractivity contribution < 1.29 is 14.6 Å². The zero-order chi connectivity index (χ0) is 18.6. The highest BCUT2D eigenvalue weighted by atomic mass is 79.9. The summed E-state index contributed by atoms with van der Waals surface area (Å²) in [5.74, 6) is -0.297. The number of nitriles is 1. The number of carbonyl (C=O) groups is 1. The summed E-state index contributed by atoms with van der Waals surface area (Å²) >= 11 is 3.22. The van der Waals surface area contributed by atoms with E-state index in [4.69, 9.17) is 4.74 Å². The molecule has 2 aromatic rings. The van der Waals surface area contributed by atoms with Crippen molar-refractivity contribution in [3.8, 4) is 17.6 Å². The molecule has 2 aromatic carbocycles. The van der Waals surface area contributed by atoms with Crippen LogP contribution in [-0.4, -0.2) is 18.1 Å². The monoisotopic (exact) mass is 400 g/mol. The van der Waals surface area contributed by atoms with Gasteiger partial charge in [-0.25, -0.2) is 0 Å². The minimum Gasteiger partial charge on any atom is -0.503 e. The summed E-state index contributed by atoms with van der Waals surface area (Å²) in [7, 11) is 1.42. The summed E-state index contributed by atoms with van der Waals surface area (Å²) in [4.78, 5) is 12.5. The first kappa shape index (κ1) is 18.6. The average molecular weight is 401 g/mol. The molecular formula is C19H17BrN2O3. The number of nitrogens with one attached hydrogen (secondary N) is 1. The van der Waals surface area contributed by atoms with Gasteiger partial charge in [0.15, 0.2) is 11.5 Å². The number of halogens is 1.